The SMILES string of the molecule is Cc1cccc(F)c1C(=O)N1c2ccccc2C[C@H](C(=O)Nc2ccc(CO)c(C(F)(F)F)c2)[C@@H]1c1ccc(NC2CCOCC2)cc1. The Kier molecular flexibility index (Phi) is 9.52. The molecular formula is C37H35F4N3O4. The maximum Gasteiger partial charge on any atom is 0.416 e. The number of aryl methyl sites for hydroxylation is 1. The highest BCUT2D eigenvalue weighted by molar-refractivity contribution is 6.09. The van der Waals surface area contributed by atoms with Gasteiger partial charge in [-0.25, -0.2) is 4.39 Å². The summed E-state index contributed by atoms with van der Waals surface area (Å²) >= 11 is 0. The summed E-state index contributed by atoms with van der Waals surface area (Å²) in [5.41, 5.74) is 1.39. The van der Waals surface area contributed by atoms with Crippen molar-refractivity contribution in [1.29, 1.82) is 0 Å². The van der Waals surface area contributed by atoms with E-state index in [1.807, 2.05) is 24.3 Å². The Morgan fingerprint density at radius 1 is 0.938 bits per heavy atom. The summed E-state index contributed by atoms with van der Waals surface area (Å²) in [5.74, 6) is -2.94. The van der Waals surface area contributed by atoms with Crippen LogP contribution in [0.1, 0.15) is 57.1 Å². The molecule has 2 amide bonds. The fourth-order valence-electron chi connectivity index (χ4n) is 6.62. The molecule has 2 heterocycles. The molecule has 0 saturated carbocycles. The van der Waals surface area contributed by atoms with Gasteiger partial charge in [0, 0.05) is 36.3 Å². The number of hydrogen-bond donors (Lipinski definition) is 3. The van der Waals surface area contributed by atoms with Crippen molar-refractivity contribution in [3.05, 3.63) is 124 Å². The average Bonchev–Trinajstić information content (AvgIpc) is 3.07. The van der Waals surface area contributed by atoms with E-state index in [4.69, 9.17) is 4.74 Å². The number of nitrogens with one attached hydrogen (secondary N) is 2. The first kappa shape index (κ1) is 33.2. The highest BCUT2D eigenvalue weighted by Gasteiger charge is 2.43. The minimum Gasteiger partial charge on any atom is -0.392 e. The van der Waals surface area contributed by atoms with Crippen molar-refractivity contribution in [3.8, 4) is 0 Å². The fourth-order valence-corrected chi connectivity index (χ4v) is 6.62. The number of fused-ring (bicyclic) bond motifs is 1. The van der Waals surface area contributed by atoms with Crippen LogP contribution in [0.25, 0.3) is 0 Å². The molecule has 2 atom stereocenters. The van der Waals surface area contributed by atoms with E-state index in [0.717, 1.165) is 30.7 Å². The molecule has 4 aromatic rings. The zero-order valence-electron chi connectivity index (χ0n) is 26.2. The van der Waals surface area contributed by atoms with Crippen LogP contribution in [0.5, 0.6) is 0 Å². The van der Waals surface area contributed by atoms with Gasteiger partial charge in [-0.05, 0) is 84.8 Å². The van der Waals surface area contributed by atoms with Gasteiger partial charge in [-0.1, -0.05) is 48.5 Å². The van der Waals surface area contributed by atoms with E-state index >= 15 is 4.39 Å². The summed E-state index contributed by atoms with van der Waals surface area (Å²) in [6, 6.07) is 21.2. The number of amides is 2. The quantitative estimate of drug-likeness (QED) is 0.179. The van der Waals surface area contributed by atoms with Crippen LogP contribution in [-0.2, 0) is 28.7 Å². The molecule has 7 nitrogen and oxygen atoms in total. The highest BCUT2D eigenvalue weighted by atomic mass is 19.4. The van der Waals surface area contributed by atoms with E-state index in [0.29, 0.717) is 35.6 Å². The second-order valence-electron chi connectivity index (χ2n) is 12.2. The number of para-hydroxylation sites is 1. The van der Waals surface area contributed by atoms with Crippen LogP contribution in [-0.4, -0.2) is 36.2 Å². The summed E-state index contributed by atoms with van der Waals surface area (Å²) < 4.78 is 62.2. The molecule has 2 aliphatic heterocycles. The Morgan fingerprint density at radius 3 is 2.33 bits per heavy atom. The Bertz CT molecular complexity index is 1790. The van der Waals surface area contributed by atoms with Crippen molar-refractivity contribution >= 4 is 28.9 Å². The van der Waals surface area contributed by atoms with Gasteiger partial charge in [-0.2, -0.15) is 13.2 Å². The first-order valence-electron chi connectivity index (χ1n) is 15.8. The minimum atomic E-state index is -4.76. The van der Waals surface area contributed by atoms with Gasteiger partial charge in [-0.15, -0.1) is 0 Å². The maximum absolute atomic E-state index is 15.3. The van der Waals surface area contributed by atoms with Crippen LogP contribution >= 0.6 is 0 Å². The Morgan fingerprint density at radius 2 is 1.65 bits per heavy atom. The van der Waals surface area contributed by atoms with Crippen LogP contribution in [0.15, 0.2) is 84.9 Å². The third-order valence-electron chi connectivity index (χ3n) is 9.04. The Labute approximate surface area is 275 Å². The standard InChI is InChI=1S/C37H35F4N3O4/c1-22-5-4-7-31(38)33(22)36(47)44-32-8-3-2-6-24(32)19-29(35(46)43-28-14-11-25(21-45)30(20-28)37(39,40)41)34(44)23-9-12-26(13-10-23)42-27-15-17-48-18-16-27/h2-14,20,27,29,34,42,45H,15-19,21H2,1H3,(H,43,46)/t29-,34-/m0/s1. The number of nitrogens with zero attached hydrogens (tertiary/aromatic N) is 1. The molecule has 0 radical (unpaired) electrons. The summed E-state index contributed by atoms with van der Waals surface area (Å²) in [6.07, 6.45) is -2.89. The number of carbonyl (C=O) groups excluding carboxylic acids is 2. The molecule has 6 rings (SSSR count). The number of alkyl halides is 3. The van der Waals surface area contributed by atoms with Gasteiger partial charge >= 0.3 is 6.18 Å². The summed E-state index contributed by atoms with van der Waals surface area (Å²) in [4.78, 5) is 30.1. The molecule has 0 bridgehead atoms. The van der Waals surface area contributed by atoms with Crippen molar-refractivity contribution in [2.45, 2.75) is 51.1 Å². The second kappa shape index (κ2) is 13.8. The fraction of sp³-hybridized carbons (Fsp3) is 0.297. The lowest BCUT2D eigenvalue weighted by molar-refractivity contribution is -0.138. The number of benzene rings is 4. The molecule has 0 aliphatic carbocycles. The third-order valence-corrected chi connectivity index (χ3v) is 9.04. The lowest BCUT2D eigenvalue weighted by Gasteiger charge is -2.42. The number of anilines is 3. The zero-order chi connectivity index (χ0) is 34.0. The number of aliphatic hydroxyl groups is 1. The van der Waals surface area contributed by atoms with E-state index in [9.17, 15) is 27.9 Å². The molecule has 1 fully saturated rings. The van der Waals surface area contributed by atoms with Crippen molar-refractivity contribution in [3.63, 3.8) is 0 Å². The Hall–Kier alpha value is -4.74. The first-order chi connectivity index (χ1) is 23.0. The van der Waals surface area contributed by atoms with Crippen molar-refractivity contribution in [1.82, 2.24) is 0 Å². The van der Waals surface area contributed by atoms with Crippen molar-refractivity contribution < 1.29 is 37.0 Å². The first-order valence-corrected chi connectivity index (χ1v) is 15.8. The van der Waals surface area contributed by atoms with Crippen LogP contribution in [0.3, 0.4) is 0 Å². The third kappa shape index (κ3) is 6.79. The highest BCUT2D eigenvalue weighted by Crippen LogP contribution is 2.44. The average molecular weight is 662 g/mol. The van der Waals surface area contributed by atoms with Crippen molar-refractivity contribution in [2.24, 2.45) is 5.92 Å². The molecule has 1 saturated heterocycles. The Balaban J connectivity index is 1.43. The largest absolute Gasteiger partial charge is 0.416 e. The molecule has 2 aliphatic rings. The molecule has 3 N–H and O–H groups in total. The number of aliphatic hydroxyl groups excluding tert-OH is 1. The van der Waals surface area contributed by atoms with Gasteiger partial charge in [0.25, 0.3) is 5.91 Å². The minimum absolute atomic E-state index is 0.110. The molecule has 0 unspecified atom stereocenters. The predicted octanol–water partition coefficient (Wildman–Crippen LogP) is 7.44. The van der Waals surface area contributed by atoms with Crippen LogP contribution in [0.4, 0.5) is 34.6 Å². The maximum atomic E-state index is 15.3. The van der Waals surface area contributed by atoms with Crippen molar-refractivity contribution in [2.75, 3.05) is 28.7 Å². The summed E-state index contributed by atoms with van der Waals surface area (Å²) in [7, 11) is 0. The van der Waals surface area contributed by atoms with E-state index < -0.39 is 47.9 Å². The normalized spacial score (nSPS) is 18.2. The van der Waals surface area contributed by atoms with Crippen LogP contribution < -0.4 is 15.5 Å². The lowest BCUT2D eigenvalue weighted by Crippen LogP contribution is -2.47. The van der Waals surface area contributed by atoms with E-state index in [2.05, 4.69) is 10.6 Å². The van der Waals surface area contributed by atoms with Gasteiger partial charge in [-0.3, -0.25) is 14.5 Å². The summed E-state index contributed by atoms with van der Waals surface area (Å²) in [6.45, 7) is 2.13. The molecule has 0 aromatic heterocycles. The predicted molar refractivity (Wildman–Crippen MR) is 174 cm³/mol. The van der Waals surface area contributed by atoms with Gasteiger partial charge in [0.1, 0.15) is 5.82 Å². The summed E-state index contributed by atoms with van der Waals surface area (Å²) in [5, 5.41) is 15.6. The van der Waals surface area contributed by atoms with E-state index in [-0.39, 0.29) is 29.3 Å². The van der Waals surface area contributed by atoms with Gasteiger partial charge in [0.05, 0.1) is 29.7 Å². The number of hydrogen-bond acceptors (Lipinski definition) is 5. The van der Waals surface area contributed by atoms with E-state index in [1.54, 1.807) is 37.3 Å². The monoisotopic (exact) mass is 661 g/mol. The number of halogens is 4. The van der Waals surface area contributed by atoms with Gasteiger partial charge in [0.2, 0.25) is 5.91 Å². The lowest BCUT2D eigenvalue weighted by atomic mass is 9.80. The molecule has 0 spiro atoms. The zero-order valence-corrected chi connectivity index (χ0v) is 26.2. The van der Waals surface area contributed by atoms with Gasteiger partial charge < -0.3 is 20.5 Å². The van der Waals surface area contributed by atoms with E-state index in [1.165, 1.54) is 23.1 Å². The molecule has 11 heteroatoms. The van der Waals surface area contributed by atoms with Crippen LogP contribution in [0, 0.1) is 18.7 Å². The number of rotatable bonds is 7. The molecule has 4 aromatic carbocycles. The second-order valence-corrected chi connectivity index (χ2v) is 12.2. The molecule has 250 valence electrons. The topological polar surface area (TPSA) is 90.9 Å². The smallest absolute Gasteiger partial charge is 0.392 e. The van der Waals surface area contributed by atoms with Gasteiger partial charge in [0.15, 0.2) is 0 Å². The number of ether oxygens (including phenoxy) is 1. The molecular weight excluding hydrogens is 626 g/mol. The molecule has 48 heavy (non-hydrogen) atoms. The van der Waals surface area contributed by atoms with Crippen LogP contribution in [0.2, 0.25) is 0 Å². The number of carbonyl (C=O) groups is 2.